The van der Waals surface area contributed by atoms with Gasteiger partial charge in [0.25, 0.3) is 0 Å². The zero-order valence-electron chi connectivity index (χ0n) is 14.8. The average Bonchev–Trinajstić information content (AvgIpc) is 2.57. The van der Waals surface area contributed by atoms with Gasteiger partial charge in [-0.15, -0.1) is 0 Å². The SMILES string of the molecule is CO[Si](CCCC(F)(F)C(F)(F)C(F)(F)C(F)(F)C(F)(F)C(F)(F)F)(OC)OC. The van der Waals surface area contributed by atoms with Gasteiger partial charge in [0.05, 0.1) is 0 Å². The number of halogens is 13. The molecule has 0 saturated heterocycles. The van der Waals surface area contributed by atoms with Crippen LogP contribution in [0.3, 0.4) is 0 Å². The van der Waals surface area contributed by atoms with Crippen LogP contribution in [-0.2, 0) is 13.3 Å². The van der Waals surface area contributed by atoms with Gasteiger partial charge >= 0.3 is 44.6 Å². The molecule has 0 aromatic heterocycles. The van der Waals surface area contributed by atoms with E-state index in [0.717, 1.165) is 21.3 Å². The highest BCUT2D eigenvalue weighted by Gasteiger charge is 2.90. The molecule has 0 amide bonds. The lowest BCUT2D eigenvalue weighted by Crippen LogP contribution is -2.70. The van der Waals surface area contributed by atoms with Gasteiger partial charge in [-0.05, 0) is 6.42 Å². The number of hydrogen-bond acceptors (Lipinski definition) is 3. The van der Waals surface area contributed by atoms with Gasteiger partial charge in [-0.2, -0.15) is 57.1 Å². The van der Waals surface area contributed by atoms with Crippen LogP contribution in [0.1, 0.15) is 12.8 Å². The molecule has 17 heteroatoms. The third kappa shape index (κ3) is 4.61. The van der Waals surface area contributed by atoms with Crippen LogP contribution in [0.15, 0.2) is 0 Å². The zero-order valence-corrected chi connectivity index (χ0v) is 15.8. The largest absolute Gasteiger partial charge is 0.500 e. The maximum atomic E-state index is 13.6. The van der Waals surface area contributed by atoms with Gasteiger partial charge in [-0.25, -0.2) is 0 Å². The minimum absolute atomic E-state index is 0.719. The predicted octanol–water partition coefficient (Wildman–Crippen LogP) is 5.38. The summed E-state index contributed by atoms with van der Waals surface area (Å²) in [7, 11) is -0.822. The van der Waals surface area contributed by atoms with Gasteiger partial charge < -0.3 is 13.3 Å². The van der Waals surface area contributed by atoms with E-state index in [1.54, 1.807) is 0 Å². The fraction of sp³-hybridized carbons (Fsp3) is 1.00. The van der Waals surface area contributed by atoms with Gasteiger partial charge in [-0.3, -0.25) is 0 Å². The molecule has 0 aromatic carbocycles. The van der Waals surface area contributed by atoms with E-state index in [-0.39, 0.29) is 0 Å². The summed E-state index contributed by atoms with van der Waals surface area (Å²) in [6.45, 7) is 0. The molecule has 0 aliphatic rings. The van der Waals surface area contributed by atoms with Gasteiger partial charge in [-0.1, -0.05) is 0 Å². The van der Waals surface area contributed by atoms with E-state index in [9.17, 15) is 57.1 Å². The molecule has 0 rings (SSSR count). The van der Waals surface area contributed by atoms with Crippen molar-refractivity contribution in [1.29, 1.82) is 0 Å². The highest BCUT2D eigenvalue weighted by molar-refractivity contribution is 6.60. The maximum Gasteiger partial charge on any atom is 0.500 e. The van der Waals surface area contributed by atoms with Gasteiger partial charge in [0.2, 0.25) is 0 Å². The molecule has 0 aliphatic heterocycles. The monoisotopic (exact) mass is 482 g/mol. The lowest BCUT2D eigenvalue weighted by atomic mass is 9.92. The summed E-state index contributed by atoms with van der Waals surface area (Å²) in [5.41, 5.74) is 0. The van der Waals surface area contributed by atoms with Crippen molar-refractivity contribution in [2.75, 3.05) is 21.3 Å². The quantitative estimate of drug-likeness (QED) is 0.292. The minimum Gasteiger partial charge on any atom is -0.377 e. The normalized spacial score (nSPS) is 15.7. The van der Waals surface area contributed by atoms with Crippen molar-refractivity contribution < 1.29 is 70.4 Å². The summed E-state index contributed by atoms with van der Waals surface area (Å²) in [6, 6.07) is -0.719. The second-order valence-corrected chi connectivity index (χ2v) is 8.74. The van der Waals surface area contributed by atoms with E-state index >= 15 is 0 Å². The first-order valence-corrected chi connectivity index (χ1v) is 9.18. The van der Waals surface area contributed by atoms with Crippen LogP contribution in [0.25, 0.3) is 0 Å². The topological polar surface area (TPSA) is 27.7 Å². The molecule has 0 radical (unpaired) electrons. The Balaban J connectivity index is 5.82. The number of hydrogen-bond donors (Lipinski definition) is 0. The van der Waals surface area contributed by atoms with Crippen molar-refractivity contribution in [3.05, 3.63) is 0 Å². The molecule has 0 aromatic rings. The number of alkyl halides is 13. The standard InChI is InChI=1S/C12H15F13O3Si/c1-26-29(27-2,28-3)6-4-5-7(13,14)8(15,16)9(17,18)10(19,20)11(21,22)12(23,24)25/h4-6H2,1-3H3. The molecule has 0 bridgehead atoms. The van der Waals surface area contributed by atoms with Gasteiger partial charge in [0.15, 0.2) is 0 Å². The van der Waals surface area contributed by atoms with Crippen molar-refractivity contribution in [2.45, 2.75) is 54.7 Å². The lowest BCUT2D eigenvalue weighted by Gasteiger charge is -2.39. The maximum absolute atomic E-state index is 13.6. The molecule has 29 heavy (non-hydrogen) atoms. The molecule has 0 heterocycles. The van der Waals surface area contributed by atoms with E-state index in [4.69, 9.17) is 13.3 Å². The predicted molar refractivity (Wildman–Crippen MR) is 71.6 cm³/mol. The summed E-state index contributed by atoms with van der Waals surface area (Å²) in [6.07, 6.45) is -10.9. The zero-order chi connectivity index (χ0) is 23.7. The molecule has 0 aliphatic carbocycles. The molecule has 176 valence electrons. The summed E-state index contributed by atoms with van der Waals surface area (Å²) < 4.78 is 182. The Bertz CT molecular complexity index is 537. The van der Waals surface area contributed by atoms with Crippen molar-refractivity contribution in [3.8, 4) is 0 Å². The number of rotatable bonds is 11. The van der Waals surface area contributed by atoms with E-state index in [0.29, 0.717) is 0 Å². The van der Waals surface area contributed by atoms with Crippen LogP contribution in [-0.4, -0.2) is 65.9 Å². The second-order valence-electron chi connectivity index (χ2n) is 5.65. The molecule has 0 N–H and O–H groups in total. The molecular weight excluding hydrogens is 467 g/mol. The first-order valence-electron chi connectivity index (χ1n) is 7.25. The first kappa shape index (κ1) is 28.2. The highest BCUT2D eigenvalue weighted by atomic mass is 28.4. The fourth-order valence-corrected chi connectivity index (χ4v) is 3.76. The van der Waals surface area contributed by atoms with Crippen LogP contribution in [0.2, 0.25) is 6.04 Å². The molecular formula is C12H15F13O3Si. The van der Waals surface area contributed by atoms with Crippen molar-refractivity contribution in [1.82, 2.24) is 0 Å². The van der Waals surface area contributed by atoms with Crippen LogP contribution in [0.4, 0.5) is 57.1 Å². The Hall–Kier alpha value is -0.813. The molecule has 0 spiro atoms. The third-order valence-electron chi connectivity index (χ3n) is 3.91. The van der Waals surface area contributed by atoms with Crippen molar-refractivity contribution in [2.24, 2.45) is 0 Å². The van der Waals surface area contributed by atoms with E-state index in [1.165, 1.54) is 0 Å². The van der Waals surface area contributed by atoms with Crippen molar-refractivity contribution in [3.63, 3.8) is 0 Å². The van der Waals surface area contributed by atoms with Gasteiger partial charge in [0.1, 0.15) is 0 Å². The van der Waals surface area contributed by atoms with E-state index in [2.05, 4.69) is 0 Å². The summed E-state index contributed by atoms with van der Waals surface area (Å²) in [5.74, 6) is -36.8. The highest BCUT2D eigenvalue weighted by Crippen LogP contribution is 2.60. The van der Waals surface area contributed by atoms with Crippen LogP contribution in [0.5, 0.6) is 0 Å². The Morgan fingerprint density at radius 3 is 1.21 bits per heavy atom. The van der Waals surface area contributed by atoms with Crippen LogP contribution >= 0.6 is 0 Å². The average molecular weight is 482 g/mol. The van der Waals surface area contributed by atoms with Crippen LogP contribution < -0.4 is 0 Å². The van der Waals surface area contributed by atoms with E-state index in [1.807, 2.05) is 0 Å². The Labute approximate surface area is 156 Å². The smallest absolute Gasteiger partial charge is 0.377 e. The fourth-order valence-electron chi connectivity index (χ4n) is 2.04. The second kappa shape index (κ2) is 8.37. The molecule has 0 atom stereocenters. The lowest BCUT2D eigenvalue weighted by molar-refractivity contribution is -0.440. The van der Waals surface area contributed by atoms with Crippen LogP contribution in [0, 0.1) is 0 Å². The summed E-state index contributed by atoms with van der Waals surface area (Å²) in [5, 5.41) is 0. The first-order chi connectivity index (χ1) is 12.6. The molecule has 0 saturated carbocycles. The van der Waals surface area contributed by atoms with E-state index < -0.39 is 63.5 Å². The van der Waals surface area contributed by atoms with Gasteiger partial charge in [0, 0.05) is 33.8 Å². The third-order valence-corrected chi connectivity index (χ3v) is 6.74. The Morgan fingerprint density at radius 2 is 0.897 bits per heavy atom. The Kier molecular flexibility index (Phi) is 8.14. The summed E-state index contributed by atoms with van der Waals surface area (Å²) >= 11 is 0. The van der Waals surface area contributed by atoms with Crippen molar-refractivity contribution >= 4 is 8.80 Å². The summed E-state index contributed by atoms with van der Waals surface area (Å²) in [4.78, 5) is 0. The molecule has 0 unspecified atom stereocenters. The Morgan fingerprint density at radius 1 is 0.552 bits per heavy atom. The molecule has 3 nitrogen and oxygen atoms in total. The minimum atomic E-state index is -7.89. The molecule has 0 fully saturated rings.